The van der Waals surface area contributed by atoms with E-state index in [-0.39, 0.29) is 17.0 Å². The minimum Gasteiger partial charge on any atom is -0.384 e. The van der Waals surface area contributed by atoms with Gasteiger partial charge in [0.05, 0.1) is 33.7 Å². The zero-order valence-electron chi connectivity index (χ0n) is 13.2. The number of hydrogen-bond acceptors (Lipinski definition) is 7. The normalized spacial score (nSPS) is 17.1. The van der Waals surface area contributed by atoms with Gasteiger partial charge in [-0.1, -0.05) is 0 Å². The summed E-state index contributed by atoms with van der Waals surface area (Å²) < 4.78 is 2.27. The summed E-state index contributed by atoms with van der Waals surface area (Å²) in [6.45, 7) is 0. The molecule has 0 aliphatic carbocycles. The zero-order chi connectivity index (χ0) is 18.3. The fraction of sp³-hybridized carbons (Fsp3) is 0.0556. The Morgan fingerprint density at radius 1 is 1.12 bits per heavy atom. The van der Waals surface area contributed by atoms with Gasteiger partial charge in [-0.25, -0.2) is 0 Å². The number of fused-ring (bicyclic) bond motifs is 1. The van der Waals surface area contributed by atoms with Gasteiger partial charge in [-0.2, -0.15) is 33.2 Å². The molecule has 0 unspecified atom stereocenters. The molecule has 0 aromatic carbocycles. The maximum absolute atomic E-state index is 12.9. The lowest BCUT2D eigenvalue weighted by atomic mass is 9.86. The van der Waals surface area contributed by atoms with Crippen LogP contribution in [0.25, 0.3) is 17.5 Å². The van der Waals surface area contributed by atoms with E-state index >= 15 is 0 Å². The van der Waals surface area contributed by atoms with Crippen LogP contribution in [0.3, 0.4) is 0 Å². The fourth-order valence-corrected chi connectivity index (χ4v) is 5.36. The molecule has 0 saturated carbocycles. The first-order valence-electron chi connectivity index (χ1n) is 7.48. The number of nitrogens with zero attached hydrogens (tertiary/aromatic N) is 3. The molecule has 0 fully saturated rings. The van der Waals surface area contributed by atoms with E-state index < -0.39 is 5.92 Å². The van der Waals surface area contributed by atoms with Gasteiger partial charge in [-0.3, -0.25) is 9.36 Å². The second-order valence-corrected chi connectivity index (χ2v) is 8.13. The highest BCUT2D eigenvalue weighted by Crippen LogP contribution is 2.36. The Kier molecular flexibility index (Phi) is 4.09. The molecule has 0 amide bonds. The molecule has 2 N–H and O–H groups in total. The van der Waals surface area contributed by atoms with E-state index in [1.54, 1.807) is 6.08 Å². The zero-order valence-corrected chi connectivity index (χ0v) is 15.6. The maximum Gasteiger partial charge on any atom is 0.274 e. The predicted molar refractivity (Wildman–Crippen MR) is 105 cm³/mol. The van der Waals surface area contributed by atoms with Crippen molar-refractivity contribution in [3.05, 3.63) is 69.9 Å². The third kappa shape index (κ3) is 2.44. The fourth-order valence-electron chi connectivity index (χ4n) is 2.93. The second-order valence-electron chi connectivity index (χ2n) is 5.54. The quantitative estimate of drug-likeness (QED) is 0.719. The van der Waals surface area contributed by atoms with Crippen LogP contribution in [0.4, 0.5) is 0 Å². The molecular formula is C18H10N4OS3. The van der Waals surface area contributed by atoms with Crippen molar-refractivity contribution in [3.8, 4) is 12.1 Å². The van der Waals surface area contributed by atoms with Gasteiger partial charge in [0.1, 0.15) is 10.5 Å². The Morgan fingerprint density at radius 3 is 2.46 bits per heavy atom. The van der Waals surface area contributed by atoms with Gasteiger partial charge in [0.15, 0.2) is 0 Å². The molecule has 5 nitrogen and oxygen atoms in total. The van der Waals surface area contributed by atoms with E-state index in [2.05, 4.69) is 12.1 Å². The Labute approximate surface area is 160 Å². The molecule has 0 spiro atoms. The van der Waals surface area contributed by atoms with E-state index in [1.807, 2.05) is 33.7 Å². The minimum absolute atomic E-state index is 0.101. The molecule has 4 heterocycles. The van der Waals surface area contributed by atoms with Crippen molar-refractivity contribution in [3.63, 3.8) is 0 Å². The molecule has 0 saturated heterocycles. The van der Waals surface area contributed by atoms with E-state index in [4.69, 9.17) is 5.73 Å². The smallest absolute Gasteiger partial charge is 0.274 e. The van der Waals surface area contributed by atoms with Crippen LogP contribution in [0.2, 0.25) is 0 Å². The average Bonchev–Trinajstić information content (AvgIpc) is 3.38. The van der Waals surface area contributed by atoms with Crippen LogP contribution in [-0.4, -0.2) is 4.57 Å². The first kappa shape index (κ1) is 16.6. The molecule has 1 atom stereocenters. The third-order valence-electron chi connectivity index (χ3n) is 4.11. The third-order valence-corrected chi connectivity index (χ3v) is 6.62. The first-order valence-corrected chi connectivity index (χ1v) is 10.2. The van der Waals surface area contributed by atoms with Crippen LogP contribution in [0, 0.1) is 22.7 Å². The number of hydrogen-bond donors (Lipinski definition) is 1. The van der Waals surface area contributed by atoms with Crippen LogP contribution in [-0.2, 0) is 0 Å². The lowest BCUT2D eigenvalue weighted by molar-refractivity contribution is 0.908. The average molecular weight is 395 g/mol. The molecule has 0 radical (unpaired) electrons. The summed E-state index contributed by atoms with van der Waals surface area (Å²) in [5, 5.41) is 27.1. The van der Waals surface area contributed by atoms with Crippen molar-refractivity contribution in [2.75, 3.05) is 0 Å². The second kappa shape index (κ2) is 6.43. The molecule has 1 aliphatic rings. The van der Waals surface area contributed by atoms with Crippen LogP contribution in [0.15, 0.2) is 44.0 Å². The molecule has 1 aliphatic heterocycles. The highest BCUT2D eigenvalue weighted by molar-refractivity contribution is 7.08. The molecule has 3 aromatic rings. The standard InChI is InChI=1S/C18H10N4OS3/c19-6-12-15(11-2-4-25-9-11)13(7-20)18-22(16(12)21)17(23)14(26-18)5-10-1-3-24-8-10/h1-5,8-9,15H,21H2/b14-5-/t15-/m0/s1. The number of nitriles is 2. The van der Waals surface area contributed by atoms with Crippen LogP contribution in [0.1, 0.15) is 17.0 Å². The van der Waals surface area contributed by atoms with E-state index in [0.29, 0.717) is 14.8 Å². The summed E-state index contributed by atoms with van der Waals surface area (Å²) in [7, 11) is 0. The molecule has 26 heavy (non-hydrogen) atoms. The Morgan fingerprint density at radius 2 is 1.85 bits per heavy atom. The first-order chi connectivity index (χ1) is 12.7. The van der Waals surface area contributed by atoms with Gasteiger partial charge < -0.3 is 5.73 Å². The van der Waals surface area contributed by atoms with Gasteiger partial charge in [-0.15, -0.1) is 11.3 Å². The highest BCUT2D eigenvalue weighted by atomic mass is 32.1. The summed E-state index contributed by atoms with van der Waals surface area (Å²) in [5.41, 5.74) is 8.25. The van der Waals surface area contributed by atoms with Crippen molar-refractivity contribution >= 4 is 51.5 Å². The topological polar surface area (TPSA) is 95.6 Å². The summed E-state index contributed by atoms with van der Waals surface area (Å²) >= 11 is 4.26. The molecule has 4 rings (SSSR count). The van der Waals surface area contributed by atoms with Gasteiger partial charge in [0.25, 0.3) is 5.56 Å². The van der Waals surface area contributed by atoms with Gasteiger partial charge in [0, 0.05) is 0 Å². The molecular weight excluding hydrogens is 384 g/mol. The summed E-state index contributed by atoms with van der Waals surface area (Å²) in [5.74, 6) is -0.438. The Balaban J connectivity index is 2.11. The van der Waals surface area contributed by atoms with Crippen LogP contribution < -0.4 is 20.5 Å². The van der Waals surface area contributed by atoms with Crippen molar-refractivity contribution in [1.82, 2.24) is 4.57 Å². The van der Waals surface area contributed by atoms with E-state index in [1.165, 1.54) is 38.6 Å². The highest BCUT2D eigenvalue weighted by Gasteiger charge is 2.32. The number of aromatic nitrogens is 1. The number of nitrogens with two attached hydrogens (primary N) is 1. The Hall–Kier alpha value is -2.91. The number of rotatable bonds is 2. The van der Waals surface area contributed by atoms with E-state index in [0.717, 1.165) is 11.1 Å². The SMILES string of the molecule is N#CC1=C(N)n2c(s/c(=C\c3ccsc3)c2=O)=C(C#N)[C@H]1c1ccsc1. The van der Waals surface area contributed by atoms with Crippen LogP contribution >= 0.6 is 34.0 Å². The predicted octanol–water partition coefficient (Wildman–Crippen LogP) is 1.98. The van der Waals surface area contributed by atoms with Gasteiger partial charge in [0.2, 0.25) is 0 Å². The monoisotopic (exact) mass is 394 g/mol. The number of thiazole rings is 1. The van der Waals surface area contributed by atoms with Crippen molar-refractivity contribution in [2.24, 2.45) is 5.73 Å². The summed E-state index contributed by atoms with van der Waals surface area (Å²) in [6, 6.07) is 8.09. The lowest BCUT2D eigenvalue weighted by Crippen LogP contribution is -2.38. The lowest BCUT2D eigenvalue weighted by Gasteiger charge is -2.21. The van der Waals surface area contributed by atoms with E-state index in [9.17, 15) is 15.3 Å². The minimum atomic E-state index is -0.539. The largest absolute Gasteiger partial charge is 0.384 e. The van der Waals surface area contributed by atoms with Crippen molar-refractivity contribution in [2.45, 2.75) is 5.92 Å². The molecule has 126 valence electrons. The molecule has 8 heteroatoms. The number of allylic oxidation sites excluding steroid dienone is 1. The Bertz CT molecular complexity index is 1280. The van der Waals surface area contributed by atoms with Crippen LogP contribution in [0.5, 0.6) is 0 Å². The van der Waals surface area contributed by atoms with Gasteiger partial charge >= 0.3 is 0 Å². The van der Waals surface area contributed by atoms with Gasteiger partial charge in [-0.05, 0) is 50.9 Å². The van der Waals surface area contributed by atoms with Crippen molar-refractivity contribution in [1.29, 1.82) is 10.5 Å². The molecule has 3 aromatic heterocycles. The maximum atomic E-state index is 12.9. The number of thiophene rings is 2. The van der Waals surface area contributed by atoms with Crippen molar-refractivity contribution < 1.29 is 0 Å². The summed E-state index contributed by atoms with van der Waals surface area (Å²) in [6.07, 6.45) is 1.78. The summed E-state index contributed by atoms with van der Waals surface area (Å²) in [4.78, 5) is 12.9. The molecule has 0 bridgehead atoms.